The number of rotatable bonds is 8. The van der Waals surface area contributed by atoms with Gasteiger partial charge in [0, 0.05) is 48.7 Å². The van der Waals surface area contributed by atoms with Gasteiger partial charge in [-0.1, -0.05) is 54.1 Å². The van der Waals surface area contributed by atoms with Crippen molar-refractivity contribution in [3.8, 4) is 5.75 Å². The summed E-state index contributed by atoms with van der Waals surface area (Å²) in [5.41, 5.74) is 4.50. The number of carbonyl (C=O) groups excluding carboxylic acids is 1. The first-order valence-electron chi connectivity index (χ1n) is 13.1. The van der Waals surface area contributed by atoms with Crippen LogP contribution in [0, 0.1) is 5.92 Å². The van der Waals surface area contributed by atoms with Crippen molar-refractivity contribution in [2.45, 2.75) is 45.3 Å². The van der Waals surface area contributed by atoms with Crippen molar-refractivity contribution in [3.05, 3.63) is 100 Å². The minimum Gasteiger partial charge on any atom is -0.492 e. The van der Waals surface area contributed by atoms with E-state index in [0.29, 0.717) is 18.9 Å². The highest BCUT2D eigenvalue weighted by Gasteiger charge is 2.22. The zero-order valence-corrected chi connectivity index (χ0v) is 21.6. The molecule has 5 heteroatoms. The van der Waals surface area contributed by atoms with E-state index in [4.69, 9.17) is 16.3 Å². The molecule has 188 valence electrons. The molecule has 2 aliphatic rings. The molecule has 36 heavy (non-hydrogen) atoms. The van der Waals surface area contributed by atoms with E-state index in [1.165, 1.54) is 11.1 Å². The standard InChI is InChI=1S/C31H35ClN2O2/c32-29-8-4-7-26(19-29)22-33-15-13-24(14-16-33)9-11-30(35)27-10-12-31-28(20-27)23-34(17-18-36-31)21-25-5-2-1-3-6-25/h1-8,10,12,19-20,24H,9,11,13-18,21-23H2. The number of ketones is 1. The van der Waals surface area contributed by atoms with Crippen LogP contribution in [-0.2, 0) is 19.6 Å². The van der Waals surface area contributed by atoms with E-state index in [9.17, 15) is 4.79 Å². The van der Waals surface area contributed by atoms with Crippen LogP contribution in [0.2, 0.25) is 5.02 Å². The Bertz CT molecular complexity index is 1160. The molecule has 0 spiro atoms. The first-order chi connectivity index (χ1) is 17.6. The number of piperidine rings is 1. The third-order valence-corrected chi connectivity index (χ3v) is 7.71. The Hall–Kier alpha value is -2.66. The molecule has 0 radical (unpaired) electrons. The number of carbonyl (C=O) groups is 1. The maximum Gasteiger partial charge on any atom is 0.162 e. The van der Waals surface area contributed by atoms with Crippen LogP contribution in [0.15, 0.2) is 72.8 Å². The van der Waals surface area contributed by atoms with Gasteiger partial charge in [0.25, 0.3) is 0 Å². The van der Waals surface area contributed by atoms with E-state index in [0.717, 1.165) is 80.4 Å². The average Bonchev–Trinajstić information content (AvgIpc) is 3.10. The second-order valence-electron chi connectivity index (χ2n) is 10.2. The Morgan fingerprint density at radius 3 is 2.44 bits per heavy atom. The summed E-state index contributed by atoms with van der Waals surface area (Å²) in [5, 5.41) is 0.800. The SMILES string of the molecule is O=C(CCC1CCN(Cc2cccc(Cl)c2)CC1)c1ccc2c(c1)CN(Cc1ccccc1)CCO2. The molecule has 0 saturated carbocycles. The minimum atomic E-state index is 0.248. The van der Waals surface area contributed by atoms with Crippen LogP contribution < -0.4 is 4.74 Å². The molecule has 5 rings (SSSR count). The fourth-order valence-corrected chi connectivity index (χ4v) is 5.62. The van der Waals surface area contributed by atoms with Gasteiger partial charge in [0.15, 0.2) is 5.78 Å². The van der Waals surface area contributed by atoms with Crippen LogP contribution in [0.25, 0.3) is 0 Å². The van der Waals surface area contributed by atoms with Gasteiger partial charge >= 0.3 is 0 Å². The van der Waals surface area contributed by atoms with E-state index >= 15 is 0 Å². The Labute approximate surface area is 219 Å². The van der Waals surface area contributed by atoms with Crippen LogP contribution in [0.5, 0.6) is 5.75 Å². The predicted molar refractivity (Wildman–Crippen MR) is 146 cm³/mol. The van der Waals surface area contributed by atoms with Crippen LogP contribution >= 0.6 is 11.6 Å². The third-order valence-electron chi connectivity index (χ3n) is 7.47. The molecule has 2 heterocycles. The highest BCUT2D eigenvalue weighted by molar-refractivity contribution is 6.30. The molecular weight excluding hydrogens is 468 g/mol. The molecule has 0 amide bonds. The molecule has 3 aromatic carbocycles. The summed E-state index contributed by atoms with van der Waals surface area (Å²) < 4.78 is 6.00. The monoisotopic (exact) mass is 502 g/mol. The lowest BCUT2D eigenvalue weighted by atomic mass is 9.90. The topological polar surface area (TPSA) is 32.8 Å². The lowest BCUT2D eigenvalue weighted by molar-refractivity contribution is 0.0961. The molecule has 4 nitrogen and oxygen atoms in total. The number of likely N-dealkylation sites (tertiary alicyclic amines) is 1. The maximum atomic E-state index is 13.1. The smallest absolute Gasteiger partial charge is 0.162 e. The summed E-state index contributed by atoms with van der Waals surface area (Å²) in [4.78, 5) is 18.0. The molecule has 0 bridgehead atoms. The Balaban J connectivity index is 1.12. The van der Waals surface area contributed by atoms with Crippen LogP contribution in [0.3, 0.4) is 0 Å². The van der Waals surface area contributed by atoms with Crippen LogP contribution in [-0.4, -0.2) is 41.8 Å². The van der Waals surface area contributed by atoms with Crippen molar-refractivity contribution in [1.82, 2.24) is 9.80 Å². The van der Waals surface area contributed by atoms with Crippen LogP contribution in [0.1, 0.15) is 52.7 Å². The summed E-state index contributed by atoms with van der Waals surface area (Å²) in [6.07, 6.45) is 3.89. The Morgan fingerprint density at radius 1 is 0.861 bits per heavy atom. The van der Waals surface area contributed by atoms with Crippen LogP contribution in [0.4, 0.5) is 0 Å². The van der Waals surface area contributed by atoms with Crippen molar-refractivity contribution in [3.63, 3.8) is 0 Å². The van der Waals surface area contributed by atoms with E-state index in [-0.39, 0.29) is 5.78 Å². The van der Waals surface area contributed by atoms with Crippen molar-refractivity contribution in [2.75, 3.05) is 26.2 Å². The Morgan fingerprint density at radius 2 is 1.64 bits per heavy atom. The summed E-state index contributed by atoms with van der Waals surface area (Å²) in [7, 11) is 0. The first-order valence-corrected chi connectivity index (χ1v) is 13.5. The molecule has 1 saturated heterocycles. The zero-order valence-electron chi connectivity index (χ0n) is 20.9. The number of fused-ring (bicyclic) bond motifs is 1. The highest BCUT2D eigenvalue weighted by atomic mass is 35.5. The number of nitrogens with zero attached hydrogens (tertiary/aromatic N) is 2. The van der Waals surface area contributed by atoms with Gasteiger partial charge in [0.2, 0.25) is 0 Å². The van der Waals surface area contributed by atoms with Gasteiger partial charge in [-0.25, -0.2) is 0 Å². The second kappa shape index (κ2) is 12.1. The molecule has 0 aromatic heterocycles. The lowest BCUT2D eigenvalue weighted by Crippen LogP contribution is -2.33. The van der Waals surface area contributed by atoms with Gasteiger partial charge in [-0.05, 0) is 79.7 Å². The highest BCUT2D eigenvalue weighted by Crippen LogP contribution is 2.28. The van der Waals surface area contributed by atoms with Gasteiger partial charge in [0.05, 0.1) is 0 Å². The zero-order chi connectivity index (χ0) is 24.7. The van der Waals surface area contributed by atoms with Gasteiger partial charge in [-0.3, -0.25) is 14.6 Å². The predicted octanol–water partition coefficient (Wildman–Crippen LogP) is 6.61. The van der Waals surface area contributed by atoms with Gasteiger partial charge < -0.3 is 4.74 Å². The lowest BCUT2D eigenvalue weighted by Gasteiger charge is -2.32. The minimum absolute atomic E-state index is 0.248. The fourth-order valence-electron chi connectivity index (χ4n) is 5.40. The van der Waals surface area contributed by atoms with Crippen molar-refractivity contribution < 1.29 is 9.53 Å². The molecule has 0 atom stereocenters. The Kier molecular flexibility index (Phi) is 8.37. The number of hydrogen-bond donors (Lipinski definition) is 0. The van der Waals surface area contributed by atoms with E-state index in [2.05, 4.69) is 52.3 Å². The fraction of sp³-hybridized carbons (Fsp3) is 0.387. The molecule has 3 aromatic rings. The largest absolute Gasteiger partial charge is 0.492 e. The van der Waals surface area contributed by atoms with E-state index in [1.807, 2.05) is 30.3 Å². The number of Topliss-reactive ketones (excluding diaryl/α,β-unsaturated/α-hetero) is 1. The maximum absolute atomic E-state index is 13.1. The van der Waals surface area contributed by atoms with Crippen molar-refractivity contribution in [1.29, 1.82) is 0 Å². The van der Waals surface area contributed by atoms with Crippen molar-refractivity contribution >= 4 is 17.4 Å². The number of benzene rings is 3. The number of hydrogen-bond acceptors (Lipinski definition) is 4. The summed E-state index contributed by atoms with van der Waals surface area (Å²) >= 11 is 6.13. The normalized spacial score (nSPS) is 17.2. The van der Waals surface area contributed by atoms with Gasteiger partial charge in [0.1, 0.15) is 12.4 Å². The number of ether oxygens (including phenoxy) is 1. The molecule has 0 aliphatic carbocycles. The number of halogens is 1. The quantitative estimate of drug-likeness (QED) is 0.324. The van der Waals surface area contributed by atoms with E-state index < -0.39 is 0 Å². The molecular formula is C31H35ClN2O2. The average molecular weight is 503 g/mol. The first kappa shape index (κ1) is 25.0. The molecule has 0 unspecified atom stereocenters. The van der Waals surface area contributed by atoms with Gasteiger partial charge in [-0.2, -0.15) is 0 Å². The van der Waals surface area contributed by atoms with Crippen molar-refractivity contribution in [2.24, 2.45) is 5.92 Å². The molecule has 1 fully saturated rings. The third kappa shape index (κ3) is 6.76. The van der Waals surface area contributed by atoms with E-state index in [1.54, 1.807) is 0 Å². The summed E-state index contributed by atoms with van der Waals surface area (Å²) in [6, 6.07) is 24.7. The summed E-state index contributed by atoms with van der Waals surface area (Å²) in [6.45, 7) is 6.35. The van der Waals surface area contributed by atoms with Gasteiger partial charge in [-0.15, -0.1) is 0 Å². The molecule has 0 N–H and O–H groups in total. The summed E-state index contributed by atoms with van der Waals surface area (Å²) in [5.74, 6) is 1.78. The molecule has 2 aliphatic heterocycles. The second-order valence-corrected chi connectivity index (χ2v) is 10.6.